The Morgan fingerprint density at radius 1 is 1.12 bits per heavy atom. The Hall–Kier alpha value is -0.150. The molecule has 3 unspecified atom stereocenters. The fourth-order valence-corrected chi connectivity index (χ4v) is 4.57. The van der Waals surface area contributed by atoms with Gasteiger partial charge in [-0.1, -0.05) is 18.6 Å². The molecule has 96 valence electrons. The third-order valence-electron chi connectivity index (χ3n) is 5.37. The molecule has 1 saturated heterocycles. The van der Waals surface area contributed by atoms with E-state index in [1.165, 1.54) is 58.2 Å². The van der Waals surface area contributed by atoms with Gasteiger partial charge < -0.3 is 10.6 Å². The van der Waals surface area contributed by atoms with Gasteiger partial charge in [0.2, 0.25) is 0 Å². The first-order valence-electron chi connectivity index (χ1n) is 7.24. The Balaban J connectivity index is 1.46. The molecule has 0 aromatic rings. The lowest BCUT2D eigenvalue weighted by atomic mass is 9.87. The molecule has 3 aliphatic rings. The van der Waals surface area contributed by atoms with Crippen molar-refractivity contribution in [2.75, 3.05) is 19.6 Å². The molecule has 17 heavy (non-hydrogen) atoms. The van der Waals surface area contributed by atoms with Crippen molar-refractivity contribution in [3.05, 3.63) is 0 Å². The lowest BCUT2D eigenvalue weighted by Crippen LogP contribution is -2.41. The fraction of sp³-hybridized carbons (Fsp3) is 0.929. The number of likely N-dealkylation sites (tertiary alicyclic amines) is 1. The number of rotatable bonds is 3. The molecule has 2 saturated carbocycles. The van der Waals surface area contributed by atoms with Crippen LogP contribution in [-0.2, 0) is 0 Å². The molecule has 3 heteroatoms. The summed E-state index contributed by atoms with van der Waals surface area (Å²) in [5.74, 6) is 3.67. The van der Waals surface area contributed by atoms with E-state index in [4.69, 9.17) is 18.0 Å². The standard InChI is InChI=1S/C14H24N2S/c15-14(17)11-3-5-16(6-4-11)9-13-8-10-1-2-12(13)7-10/h10-13H,1-9H2,(H2,15,17). The topological polar surface area (TPSA) is 29.3 Å². The molecule has 3 atom stereocenters. The van der Waals surface area contributed by atoms with Crippen LogP contribution in [0.1, 0.15) is 38.5 Å². The molecule has 3 fully saturated rings. The third-order valence-corrected chi connectivity index (χ3v) is 5.70. The molecule has 1 heterocycles. The van der Waals surface area contributed by atoms with Crippen LogP contribution in [0.15, 0.2) is 0 Å². The van der Waals surface area contributed by atoms with Gasteiger partial charge in [0.15, 0.2) is 0 Å². The summed E-state index contributed by atoms with van der Waals surface area (Å²) < 4.78 is 0. The second-order valence-electron chi connectivity index (χ2n) is 6.41. The van der Waals surface area contributed by atoms with Crippen LogP contribution in [0, 0.1) is 23.7 Å². The van der Waals surface area contributed by atoms with Crippen molar-refractivity contribution in [3.63, 3.8) is 0 Å². The van der Waals surface area contributed by atoms with E-state index < -0.39 is 0 Å². The largest absolute Gasteiger partial charge is 0.393 e. The molecular weight excluding hydrogens is 228 g/mol. The van der Waals surface area contributed by atoms with Crippen LogP contribution in [0.5, 0.6) is 0 Å². The molecule has 0 radical (unpaired) electrons. The zero-order chi connectivity index (χ0) is 11.8. The van der Waals surface area contributed by atoms with Gasteiger partial charge in [0, 0.05) is 12.5 Å². The molecule has 2 bridgehead atoms. The van der Waals surface area contributed by atoms with Crippen LogP contribution in [0.25, 0.3) is 0 Å². The van der Waals surface area contributed by atoms with Gasteiger partial charge in [-0.3, -0.25) is 0 Å². The maximum atomic E-state index is 5.74. The van der Waals surface area contributed by atoms with E-state index in [-0.39, 0.29) is 0 Å². The Morgan fingerprint density at radius 3 is 2.41 bits per heavy atom. The highest BCUT2D eigenvalue weighted by molar-refractivity contribution is 7.80. The van der Waals surface area contributed by atoms with Gasteiger partial charge in [-0.15, -0.1) is 0 Å². The molecule has 2 aliphatic carbocycles. The average molecular weight is 252 g/mol. The van der Waals surface area contributed by atoms with Gasteiger partial charge >= 0.3 is 0 Å². The fourth-order valence-electron chi connectivity index (χ4n) is 4.33. The first kappa shape index (κ1) is 11.9. The third kappa shape index (κ3) is 2.50. The summed E-state index contributed by atoms with van der Waals surface area (Å²) in [5.41, 5.74) is 5.74. The molecule has 2 nitrogen and oxygen atoms in total. The van der Waals surface area contributed by atoms with Crippen molar-refractivity contribution in [2.24, 2.45) is 29.4 Å². The predicted octanol–water partition coefficient (Wildman–Crippen LogP) is 2.42. The normalized spacial score (nSPS) is 38.7. The lowest BCUT2D eigenvalue weighted by Gasteiger charge is -2.35. The molecule has 3 rings (SSSR count). The minimum Gasteiger partial charge on any atom is -0.393 e. The van der Waals surface area contributed by atoms with Crippen molar-refractivity contribution in [2.45, 2.75) is 38.5 Å². The molecule has 0 spiro atoms. The van der Waals surface area contributed by atoms with Gasteiger partial charge in [0.05, 0.1) is 4.99 Å². The van der Waals surface area contributed by atoms with Crippen molar-refractivity contribution >= 4 is 17.2 Å². The smallest absolute Gasteiger partial charge is 0.0759 e. The number of fused-ring (bicyclic) bond motifs is 2. The summed E-state index contributed by atoms with van der Waals surface area (Å²) in [7, 11) is 0. The zero-order valence-electron chi connectivity index (χ0n) is 10.6. The number of thiocarbonyl (C=S) groups is 1. The molecule has 0 amide bonds. The summed E-state index contributed by atoms with van der Waals surface area (Å²) in [4.78, 5) is 3.41. The average Bonchev–Trinajstić information content (AvgIpc) is 2.91. The van der Waals surface area contributed by atoms with Crippen LogP contribution in [0.3, 0.4) is 0 Å². The molecule has 0 aromatic heterocycles. The highest BCUT2D eigenvalue weighted by Crippen LogP contribution is 2.48. The SMILES string of the molecule is NC(=S)C1CCN(CC2CC3CCC2C3)CC1. The van der Waals surface area contributed by atoms with Gasteiger partial charge in [0.1, 0.15) is 0 Å². The second kappa shape index (κ2) is 4.85. The van der Waals surface area contributed by atoms with Crippen LogP contribution >= 0.6 is 12.2 Å². The first-order valence-corrected chi connectivity index (χ1v) is 7.65. The highest BCUT2D eigenvalue weighted by atomic mass is 32.1. The predicted molar refractivity (Wildman–Crippen MR) is 74.9 cm³/mol. The van der Waals surface area contributed by atoms with Gasteiger partial charge in [-0.05, 0) is 62.9 Å². The molecular formula is C14H24N2S. The number of hydrogen-bond donors (Lipinski definition) is 1. The van der Waals surface area contributed by atoms with E-state index in [1.54, 1.807) is 0 Å². The Labute approximate surface area is 110 Å². The van der Waals surface area contributed by atoms with Crippen LogP contribution in [0.4, 0.5) is 0 Å². The maximum Gasteiger partial charge on any atom is 0.0759 e. The van der Waals surface area contributed by atoms with Gasteiger partial charge in [-0.25, -0.2) is 0 Å². The number of hydrogen-bond acceptors (Lipinski definition) is 2. The molecule has 0 aromatic carbocycles. The Morgan fingerprint density at radius 2 is 1.88 bits per heavy atom. The minimum atomic E-state index is 0.515. The summed E-state index contributed by atoms with van der Waals surface area (Å²) in [6.45, 7) is 3.79. The van der Waals surface area contributed by atoms with Crippen LogP contribution < -0.4 is 5.73 Å². The Bertz CT molecular complexity index is 297. The van der Waals surface area contributed by atoms with E-state index >= 15 is 0 Å². The number of piperidine rings is 1. The van der Waals surface area contributed by atoms with Crippen LogP contribution in [0.2, 0.25) is 0 Å². The quantitative estimate of drug-likeness (QED) is 0.782. The summed E-state index contributed by atoms with van der Waals surface area (Å²) in [6.07, 6.45) is 8.46. The number of nitrogens with zero attached hydrogens (tertiary/aromatic N) is 1. The summed E-state index contributed by atoms with van der Waals surface area (Å²) in [5, 5.41) is 0. The van der Waals surface area contributed by atoms with E-state index in [2.05, 4.69) is 4.90 Å². The molecule has 2 N–H and O–H groups in total. The van der Waals surface area contributed by atoms with Crippen molar-refractivity contribution in [1.82, 2.24) is 4.90 Å². The molecule has 1 aliphatic heterocycles. The van der Waals surface area contributed by atoms with E-state index in [1.807, 2.05) is 0 Å². The maximum absolute atomic E-state index is 5.74. The summed E-state index contributed by atoms with van der Waals surface area (Å²) >= 11 is 5.10. The van der Waals surface area contributed by atoms with E-state index in [0.29, 0.717) is 5.92 Å². The summed E-state index contributed by atoms with van der Waals surface area (Å²) in [6, 6.07) is 0. The number of nitrogens with two attached hydrogens (primary N) is 1. The zero-order valence-corrected chi connectivity index (χ0v) is 11.4. The van der Waals surface area contributed by atoms with Crippen molar-refractivity contribution in [3.8, 4) is 0 Å². The van der Waals surface area contributed by atoms with Crippen molar-refractivity contribution in [1.29, 1.82) is 0 Å². The van der Waals surface area contributed by atoms with Crippen molar-refractivity contribution < 1.29 is 0 Å². The van der Waals surface area contributed by atoms with Gasteiger partial charge in [-0.2, -0.15) is 0 Å². The minimum absolute atomic E-state index is 0.515. The first-order chi connectivity index (χ1) is 8.22. The van der Waals surface area contributed by atoms with E-state index in [9.17, 15) is 0 Å². The Kier molecular flexibility index (Phi) is 3.40. The highest BCUT2D eigenvalue weighted by Gasteiger charge is 2.40. The second-order valence-corrected chi connectivity index (χ2v) is 6.88. The monoisotopic (exact) mass is 252 g/mol. The van der Waals surface area contributed by atoms with Gasteiger partial charge in [0.25, 0.3) is 0 Å². The van der Waals surface area contributed by atoms with E-state index in [0.717, 1.165) is 22.7 Å². The lowest BCUT2D eigenvalue weighted by molar-refractivity contribution is 0.154. The van der Waals surface area contributed by atoms with Crippen LogP contribution in [-0.4, -0.2) is 29.5 Å².